The maximum Gasteiger partial charge on any atom is 0.115 e. The van der Waals surface area contributed by atoms with E-state index in [0.29, 0.717) is 22.8 Å². The number of phenolic OH excluding ortho intramolecular Hbond substituents is 2. The molecule has 0 heterocycles. The molecule has 1 aliphatic carbocycles. The lowest BCUT2D eigenvalue weighted by Crippen LogP contribution is -2.42. The number of benzene rings is 2. The Hall–Kier alpha value is -1.96. The predicted molar refractivity (Wildman–Crippen MR) is 103 cm³/mol. The van der Waals surface area contributed by atoms with Crippen molar-refractivity contribution in [1.29, 1.82) is 0 Å². The van der Waals surface area contributed by atoms with Crippen LogP contribution in [0.25, 0.3) is 0 Å². The Morgan fingerprint density at radius 3 is 1.72 bits per heavy atom. The number of phenols is 2. The van der Waals surface area contributed by atoms with Crippen molar-refractivity contribution in [3.05, 3.63) is 59.7 Å². The van der Waals surface area contributed by atoms with Crippen LogP contribution in [0.2, 0.25) is 0 Å². The van der Waals surface area contributed by atoms with Crippen LogP contribution in [0, 0.1) is 11.3 Å². The van der Waals surface area contributed by atoms with Crippen molar-refractivity contribution in [3.8, 4) is 11.5 Å². The zero-order chi connectivity index (χ0) is 18.1. The Morgan fingerprint density at radius 1 is 0.840 bits per heavy atom. The molecule has 2 N–H and O–H groups in total. The van der Waals surface area contributed by atoms with Gasteiger partial charge in [0.05, 0.1) is 0 Å². The van der Waals surface area contributed by atoms with E-state index in [1.165, 1.54) is 30.4 Å². The minimum atomic E-state index is -0.0644. The quantitative estimate of drug-likeness (QED) is 0.716. The molecule has 0 amide bonds. The monoisotopic (exact) mass is 338 g/mol. The summed E-state index contributed by atoms with van der Waals surface area (Å²) in [6.45, 7) is 7.02. The summed E-state index contributed by atoms with van der Waals surface area (Å²) >= 11 is 0. The van der Waals surface area contributed by atoms with Gasteiger partial charge in [-0.05, 0) is 66.0 Å². The van der Waals surface area contributed by atoms with Crippen LogP contribution >= 0.6 is 0 Å². The molecule has 0 bridgehead atoms. The number of hydrogen-bond donors (Lipinski definition) is 2. The van der Waals surface area contributed by atoms with Crippen molar-refractivity contribution < 1.29 is 10.2 Å². The second-order valence-electron chi connectivity index (χ2n) is 8.20. The molecule has 25 heavy (non-hydrogen) atoms. The first-order valence-electron chi connectivity index (χ1n) is 9.50. The summed E-state index contributed by atoms with van der Waals surface area (Å²) in [5.74, 6) is 1.30. The predicted octanol–water partition coefficient (Wildman–Crippen LogP) is 6.01. The molecule has 0 aromatic heterocycles. The van der Waals surface area contributed by atoms with Crippen LogP contribution in [0.4, 0.5) is 0 Å². The second-order valence-corrected chi connectivity index (χ2v) is 8.20. The lowest BCUT2D eigenvalue weighted by molar-refractivity contribution is 0.0945. The van der Waals surface area contributed by atoms with Gasteiger partial charge in [0.2, 0.25) is 0 Å². The van der Waals surface area contributed by atoms with E-state index < -0.39 is 0 Å². The van der Waals surface area contributed by atoms with Gasteiger partial charge in [-0.3, -0.25) is 0 Å². The summed E-state index contributed by atoms with van der Waals surface area (Å²) in [5.41, 5.74) is 2.78. The minimum Gasteiger partial charge on any atom is -0.508 e. The Morgan fingerprint density at radius 2 is 1.32 bits per heavy atom. The number of aromatic hydroxyl groups is 2. The Kier molecular flexibility index (Phi) is 4.81. The van der Waals surface area contributed by atoms with E-state index in [-0.39, 0.29) is 5.41 Å². The van der Waals surface area contributed by atoms with E-state index in [9.17, 15) is 10.2 Å². The van der Waals surface area contributed by atoms with Crippen LogP contribution in [-0.2, 0) is 5.41 Å². The Labute approximate surface area is 151 Å². The average molecular weight is 338 g/mol. The van der Waals surface area contributed by atoms with E-state index in [0.717, 1.165) is 12.8 Å². The van der Waals surface area contributed by atoms with Crippen LogP contribution in [0.5, 0.6) is 11.5 Å². The van der Waals surface area contributed by atoms with Crippen molar-refractivity contribution in [2.24, 2.45) is 11.3 Å². The Bertz CT molecular complexity index is 656. The van der Waals surface area contributed by atoms with Crippen molar-refractivity contribution in [3.63, 3.8) is 0 Å². The molecule has 2 aromatic carbocycles. The SMILES string of the molecule is CCC1CC(C)(CC)CC(c2ccc(O)cc2)(c2ccc(O)cc2)C1. The molecule has 3 rings (SSSR count). The summed E-state index contributed by atoms with van der Waals surface area (Å²) in [4.78, 5) is 0. The second kappa shape index (κ2) is 6.74. The molecular weight excluding hydrogens is 308 g/mol. The normalized spacial score (nSPS) is 25.6. The van der Waals surface area contributed by atoms with Gasteiger partial charge in [0, 0.05) is 5.41 Å². The zero-order valence-corrected chi connectivity index (χ0v) is 15.6. The summed E-state index contributed by atoms with van der Waals surface area (Å²) in [7, 11) is 0. The fraction of sp³-hybridized carbons (Fsp3) is 0.478. The smallest absolute Gasteiger partial charge is 0.115 e. The standard InChI is InChI=1S/C23H30O2/c1-4-17-14-22(3,5-2)16-23(15-17,18-6-10-20(24)11-7-18)19-8-12-21(25)13-9-19/h6-13,17,24-25H,4-5,14-16H2,1-3H3. The van der Waals surface area contributed by atoms with Crippen LogP contribution < -0.4 is 0 Å². The van der Waals surface area contributed by atoms with Crippen LogP contribution in [-0.4, -0.2) is 10.2 Å². The highest BCUT2D eigenvalue weighted by molar-refractivity contribution is 5.44. The first-order chi connectivity index (χ1) is 11.9. The van der Waals surface area contributed by atoms with Crippen molar-refractivity contribution >= 4 is 0 Å². The third kappa shape index (κ3) is 3.40. The molecule has 0 aliphatic heterocycles. The minimum absolute atomic E-state index is 0.0644. The third-order valence-electron chi connectivity index (χ3n) is 6.42. The van der Waals surface area contributed by atoms with Crippen LogP contribution in [0.1, 0.15) is 64.0 Å². The first-order valence-corrected chi connectivity index (χ1v) is 9.50. The van der Waals surface area contributed by atoms with Crippen molar-refractivity contribution in [2.45, 2.75) is 58.3 Å². The lowest BCUT2D eigenvalue weighted by atomic mass is 9.54. The van der Waals surface area contributed by atoms with E-state index in [2.05, 4.69) is 45.0 Å². The third-order valence-corrected chi connectivity index (χ3v) is 6.42. The van der Waals surface area contributed by atoms with Gasteiger partial charge in [0.25, 0.3) is 0 Å². The highest BCUT2D eigenvalue weighted by Gasteiger charge is 2.46. The maximum absolute atomic E-state index is 9.76. The fourth-order valence-electron chi connectivity index (χ4n) is 4.86. The van der Waals surface area contributed by atoms with E-state index in [1.807, 2.05) is 0 Å². The molecule has 2 atom stereocenters. The average Bonchev–Trinajstić information content (AvgIpc) is 2.62. The molecule has 0 spiro atoms. The summed E-state index contributed by atoms with van der Waals surface area (Å²) in [6.07, 6.45) is 5.85. The van der Waals surface area contributed by atoms with Gasteiger partial charge in [-0.15, -0.1) is 0 Å². The summed E-state index contributed by atoms with van der Waals surface area (Å²) < 4.78 is 0. The van der Waals surface area contributed by atoms with E-state index in [4.69, 9.17) is 0 Å². The summed E-state index contributed by atoms with van der Waals surface area (Å²) in [6, 6.07) is 15.5. The molecule has 1 saturated carbocycles. The molecule has 1 fully saturated rings. The van der Waals surface area contributed by atoms with Gasteiger partial charge < -0.3 is 10.2 Å². The Balaban J connectivity index is 2.17. The molecule has 0 radical (unpaired) electrons. The largest absolute Gasteiger partial charge is 0.508 e. The van der Waals surface area contributed by atoms with E-state index >= 15 is 0 Å². The molecule has 1 aliphatic rings. The number of rotatable bonds is 4. The van der Waals surface area contributed by atoms with Gasteiger partial charge in [-0.1, -0.05) is 57.9 Å². The summed E-state index contributed by atoms with van der Waals surface area (Å²) in [5, 5.41) is 19.5. The molecule has 2 aromatic rings. The van der Waals surface area contributed by atoms with Gasteiger partial charge in [-0.25, -0.2) is 0 Å². The van der Waals surface area contributed by atoms with Crippen molar-refractivity contribution in [1.82, 2.24) is 0 Å². The number of hydrogen-bond acceptors (Lipinski definition) is 2. The first kappa shape index (κ1) is 17.8. The maximum atomic E-state index is 9.76. The fourth-order valence-corrected chi connectivity index (χ4v) is 4.86. The van der Waals surface area contributed by atoms with Gasteiger partial charge in [-0.2, -0.15) is 0 Å². The van der Waals surface area contributed by atoms with E-state index in [1.54, 1.807) is 24.3 Å². The lowest BCUT2D eigenvalue weighted by Gasteiger charge is -2.50. The molecular formula is C23H30O2. The van der Waals surface area contributed by atoms with Gasteiger partial charge in [0.1, 0.15) is 11.5 Å². The van der Waals surface area contributed by atoms with Gasteiger partial charge in [0.15, 0.2) is 0 Å². The molecule has 134 valence electrons. The highest BCUT2D eigenvalue weighted by atomic mass is 16.3. The molecule has 2 unspecified atom stereocenters. The topological polar surface area (TPSA) is 40.5 Å². The van der Waals surface area contributed by atoms with Crippen LogP contribution in [0.3, 0.4) is 0 Å². The molecule has 2 heteroatoms. The highest BCUT2D eigenvalue weighted by Crippen LogP contribution is 2.55. The zero-order valence-electron chi connectivity index (χ0n) is 15.6. The van der Waals surface area contributed by atoms with Crippen molar-refractivity contribution in [2.75, 3.05) is 0 Å². The molecule has 2 nitrogen and oxygen atoms in total. The van der Waals surface area contributed by atoms with Gasteiger partial charge >= 0.3 is 0 Å². The molecule has 0 saturated heterocycles. The van der Waals surface area contributed by atoms with Crippen LogP contribution in [0.15, 0.2) is 48.5 Å².